The molecule has 1 N–H and O–H groups in total. The minimum absolute atomic E-state index is 0.0457. The SMILES string of the molecule is COc1ccc(CCNC(=O)Cc2ccc(N3CCCC3)cc2)cc1OC. The van der Waals surface area contributed by atoms with Gasteiger partial charge in [0.15, 0.2) is 11.5 Å². The molecule has 0 unspecified atom stereocenters. The van der Waals surface area contributed by atoms with Gasteiger partial charge < -0.3 is 19.7 Å². The zero-order valence-electron chi connectivity index (χ0n) is 16.2. The standard InChI is InChI=1S/C22H28N2O3/c1-26-20-10-7-18(15-21(20)27-2)11-12-23-22(25)16-17-5-8-19(9-6-17)24-13-3-4-14-24/h5-10,15H,3-4,11-14,16H2,1-2H3,(H,23,25). The molecule has 0 bridgehead atoms. The maximum atomic E-state index is 12.2. The Labute approximate surface area is 161 Å². The Morgan fingerprint density at radius 3 is 2.30 bits per heavy atom. The first-order chi connectivity index (χ1) is 13.2. The maximum Gasteiger partial charge on any atom is 0.224 e. The zero-order valence-corrected chi connectivity index (χ0v) is 16.2. The minimum Gasteiger partial charge on any atom is -0.493 e. The van der Waals surface area contributed by atoms with Gasteiger partial charge in [0.1, 0.15) is 0 Å². The molecule has 0 spiro atoms. The van der Waals surface area contributed by atoms with Crippen LogP contribution in [0.1, 0.15) is 24.0 Å². The molecule has 144 valence electrons. The summed E-state index contributed by atoms with van der Waals surface area (Å²) >= 11 is 0. The fourth-order valence-corrected chi connectivity index (χ4v) is 3.43. The Morgan fingerprint density at radius 1 is 0.963 bits per heavy atom. The average molecular weight is 368 g/mol. The Kier molecular flexibility index (Phi) is 6.58. The summed E-state index contributed by atoms with van der Waals surface area (Å²) in [5.74, 6) is 1.46. The number of methoxy groups -OCH3 is 2. The quantitative estimate of drug-likeness (QED) is 0.777. The Morgan fingerprint density at radius 2 is 1.63 bits per heavy atom. The highest BCUT2D eigenvalue weighted by Gasteiger charge is 2.12. The van der Waals surface area contributed by atoms with E-state index in [-0.39, 0.29) is 5.91 Å². The molecule has 2 aromatic rings. The second-order valence-electron chi connectivity index (χ2n) is 6.83. The van der Waals surface area contributed by atoms with Crippen molar-refractivity contribution in [3.8, 4) is 11.5 Å². The van der Waals surface area contributed by atoms with Gasteiger partial charge >= 0.3 is 0 Å². The molecule has 0 radical (unpaired) electrons. The van der Waals surface area contributed by atoms with Crippen molar-refractivity contribution in [1.29, 1.82) is 0 Å². The van der Waals surface area contributed by atoms with Gasteiger partial charge in [-0.2, -0.15) is 0 Å². The smallest absolute Gasteiger partial charge is 0.224 e. The van der Waals surface area contributed by atoms with E-state index in [0.717, 1.165) is 30.6 Å². The Hall–Kier alpha value is -2.69. The first-order valence-corrected chi connectivity index (χ1v) is 9.51. The van der Waals surface area contributed by atoms with E-state index in [1.165, 1.54) is 18.5 Å². The third-order valence-electron chi connectivity index (χ3n) is 4.96. The fourth-order valence-electron chi connectivity index (χ4n) is 3.43. The van der Waals surface area contributed by atoms with Crippen LogP contribution in [-0.4, -0.2) is 39.8 Å². The lowest BCUT2D eigenvalue weighted by molar-refractivity contribution is -0.120. The lowest BCUT2D eigenvalue weighted by atomic mass is 10.1. The second-order valence-corrected chi connectivity index (χ2v) is 6.83. The van der Waals surface area contributed by atoms with Crippen molar-refractivity contribution < 1.29 is 14.3 Å². The van der Waals surface area contributed by atoms with Crippen molar-refractivity contribution in [3.05, 3.63) is 53.6 Å². The molecule has 1 amide bonds. The van der Waals surface area contributed by atoms with Crippen molar-refractivity contribution in [1.82, 2.24) is 5.32 Å². The molecule has 1 aliphatic rings. The predicted molar refractivity (Wildman–Crippen MR) is 108 cm³/mol. The third kappa shape index (κ3) is 5.16. The number of hydrogen-bond donors (Lipinski definition) is 1. The molecule has 1 fully saturated rings. The van der Waals surface area contributed by atoms with Crippen molar-refractivity contribution in [3.63, 3.8) is 0 Å². The lowest BCUT2D eigenvalue weighted by Gasteiger charge is -2.17. The average Bonchev–Trinajstić information content (AvgIpc) is 3.23. The summed E-state index contributed by atoms with van der Waals surface area (Å²) in [6, 6.07) is 14.2. The summed E-state index contributed by atoms with van der Waals surface area (Å²) in [7, 11) is 3.24. The first kappa shape index (κ1) is 19.1. The molecule has 5 nitrogen and oxygen atoms in total. The molecular weight excluding hydrogens is 340 g/mol. The lowest BCUT2D eigenvalue weighted by Crippen LogP contribution is -2.27. The van der Waals surface area contributed by atoms with Gasteiger partial charge in [-0.3, -0.25) is 4.79 Å². The van der Waals surface area contributed by atoms with Gasteiger partial charge in [-0.1, -0.05) is 18.2 Å². The number of hydrogen-bond acceptors (Lipinski definition) is 4. The van der Waals surface area contributed by atoms with Gasteiger partial charge in [0, 0.05) is 25.3 Å². The van der Waals surface area contributed by atoms with Gasteiger partial charge in [-0.05, 0) is 54.7 Å². The van der Waals surface area contributed by atoms with Crippen LogP contribution >= 0.6 is 0 Å². The molecule has 5 heteroatoms. The van der Waals surface area contributed by atoms with Crippen LogP contribution in [0.3, 0.4) is 0 Å². The normalized spacial score (nSPS) is 13.5. The summed E-state index contributed by atoms with van der Waals surface area (Å²) in [6.07, 6.45) is 3.70. The van der Waals surface area contributed by atoms with Crippen LogP contribution in [0.25, 0.3) is 0 Å². The van der Waals surface area contributed by atoms with Gasteiger partial charge in [-0.15, -0.1) is 0 Å². The number of carbonyl (C=O) groups excluding carboxylic acids is 1. The molecule has 1 saturated heterocycles. The van der Waals surface area contributed by atoms with Gasteiger partial charge in [0.25, 0.3) is 0 Å². The molecule has 3 rings (SSSR count). The highest BCUT2D eigenvalue weighted by Crippen LogP contribution is 2.27. The van der Waals surface area contributed by atoms with Crippen molar-refractivity contribution in [2.75, 3.05) is 38.8 Å². The van der Waals surface area contributed by atoms with E-state index in [1.807, 2.05) is 18.2 Å². The van der Waals surface area contributed by atoms with Crippen LogP contribution < -0.4 is 19.7 Å². The Bertz CT molecular complexity index is 753. The molecule has 27 heavy (non-hydrogen) atoms. The monoisotopic (exact) mass is 368 g/mol. The van der Waals surface area contributed by atoms with E-state index in [1.54, 1.807) is 14.2 Å². The molecule has 2 aromatic carbocycles. The molecule has 0 saturated carbocycles. The number of carbonyl (C=O) groups is 1. The van der Waals surface area contributed by atoms with E-state index >= 15 is 0 Å². The van der Waals surface area contributed by atoms with Gasteiger partial charge in [0.2, 0.25) is 5.91 Å². The van der Waals surface area contributed by atoms with E-state index in [2.05, 4.69) is 34.5 Å². The predicted octanol–water partition coefficient (Wildman–Crippen LogP) is 3.21. The Balaban J connectivity index is 1.45. The largest absolute Gasteiger partial charge is 0.493 e. The molecule has 0 atom stereocenters. The van der Waals surface area contributed by atoms with Crippen molar-refractivity contribution in [2.24, 2.45) is 0 Å². The second kappa shape index (κ2) is 9.31. The van der Waals surface area contributed by atoms with Crippen molar-refractivity contribution in [2.45, 2.75) is 25.7 Å². The van der Waals surface area contributed by atoms with E-state index < -0.39 is 0 Å². The summed E-state index contributed by atoms with van der Waals surface area (Å²) < 4.78 is 10.6. The van der Waals surface area contributed by atoms with E-state index in [0.29, 0.717) is 24.5 Å². The van der Waals surface area contributed by atoms with Crippen LogP contribution in [0, 0.1) is 0 Å². The maximum absolute atomic E-state index is 12.2. The first-order valence-electron chi connectivity index (χ1n) is 9.51. The van der Waals surface area contributed by atoms with Gasteiger partial charge in [0.05, 0.1) is 20.6 Å². The summed E-state index contributed by atoms with van der Waals surface area (Å²) in [4.78, 5) is 14.6. The van der Waals surface area contributed by atoms with Crippen LogP contribution in [0.2, 0.25) is 0 Å². The molecular formula is C22H28N2O3. The summed E-state index contributed by atoms with van der Waals surface area (Å²) in [5, 5.41) is 2.99. The third-order valence-corrected chi connectivity index (χ3v) is 4.96. The van der Waals surface area contributed by atoms with E-state index in [4.69, 9.17) is 9.47 Å². The van der Waals surface area contributed by atoms with Gasteiger partial charge in [-0.25, -0.2) is 0 Å². The van der Waals surface area contributed by atoms with Crippen LogP contribution in [0.5, 0.6) is 11.5 Å². The number of benzene rings is 2. The molecule has 0 aromatic heterocycles. The number of ether oxygens (including phenoxy) is 2. The summed E-state index contributed by atoms with van der Waals surface area (Å²) in [6.45, 7) is 2.87. The number of nitrogens with zero attached hydrogens (tertiary/aromatic N) is 1. The number of amides is 1. The van der Waals surface area contributed by atoms with Crippen LogP contribution in [0.4, 0.5) is 5.69 Å². The minimum atomic E-state index is 0.0457. The number of rotatable bonds is 8. The molecule has 1 heterocycles. The van der Waals surface area contributed by atoms with Crippen LogP contribution in [0.15, 0.2) is 42.5 Å². The van der Waals surface area contributed by atoms with E-state index in [9.17, 15) is 4.79 Å². The molecule has 0 aliphatic carbocycles. The molecule has 1 aliphatic heterocycles. The number of nitrogens with one attached hydrogen (secondary N) is 1. The summed E-state index contributed by atoms with van der Waals surface area (Å²) in [5.41, 5.74) is 3.40. The van der Waals surface area contributed by atoms with Crippen LogP contribution in [-0.2, 0) is 17.6 Å². The zero-order chi connectivity index (χ0) is 19.1. The highest BCUT2D eigenvalue weighted by molar-refractivity contribution is 5.78. The van der Waals surface area contributed by atoms with Crippen molar-refractivity contribution >= 4 is 11.6 Å². The topological polar surface area (TPSA) is 50.8 Å². The number of anilines is 1. The fraction of sp³-hybridized carbons (Fsp3) is 0.409. The highest BCUT2D eigenvalue weighted by atomic mass is 16.5.